The van der Waals surface area contributed by atoms with Crippen molar-refractivity contribution in [1.82, 2.24) is 10.2 Å². The third kappa shape index (κ3) is 4.73. The number of aliphatic hydroxyl groups excluding tert-OH is 1. The van der Waals surface area contributed by atoms with Gasteiger partial charge in [0.1, 0.15) is 0 Å². The zero-order valence-electron chi connectivity index (χ0n) is 16.0. The average molecular weight is 353 g/mol. The van der Waals surface area contributed by atoms with Gasteiger partial charge in [0.2, 0.25) is 0 Å². The van der Waals surface area contributed by atoms with Gasteiger partial charge in [-0.3, -0.25) is 4.90 Å². The number of aliphatic hydroxyl groups is 1. The molecular weight excluding hydrogens is 320 g/mol. The molecule has 0 aromatic heterocycles. The lowest BCUT2D eigenvalue weighted by atomic mass is 9.95. The van der Waals surface area contributed by atoms with Crippen molar-refractivity contribution in [3.05, 3.63) is 71.8 Å². The Balaban J connectivity index is 1.69. The molecule has 3 heteroatoms. The second-order valence-electron chi connectivity index (χ2n) is 7.46. The lowest BCUT2D eigenvalue weighted by Crippen LogP contribution is -2.54. The SMILES string of the molecule is CCCC(N[C@@H]1CN(C(C)c2ccccc2)CC[C@H]1O)c1ccccc1. The highest BCUT2D eigenvalue weighted by Crippen LogP contribution is 2.26. The van der Waals surface area contributed by atoms with Gasteiger partial charge < -0.3 is 10.4 Å². The molecule has 3 rings (SSSR count). The number of hydrogen-bond acceptors (Lipinski definition) is 3. The standard InChI is InChI=1S/C23H32N2O/c1-3-10-21(20-13-8-5-9-14-20)24-22-17-25(16-15-23(22)26)18(2)19-11-6-4-7-12-19/h4-9,11-14,18,21-24,26H,3,10,15-17H2,1-2H3/t18?,21?,22-,23-/m1/s1. The maximum atomic E-state index is 10.6. The normalized spacial score (nSPS) is 23.5. The first-order valence-electron chi connectivity index (χ1n) is 9.97. The number of nitrogens with zero attached hydrogens (tertiary/aromatic N) is 1. The van der Waals surface area contributed by atoms with E-state index >= 15 is 0 Å². The molecule has 2 N–H and O–H groups in total. The number of piperidine rings is 1. The summed E-state index contributed by atoms with van der Waals surface area (Å²) in [5.74, 6) is 0. The Morgan fingerprint density at radius 2 is 1.65 bits per heavy atom. The molecule has 1 aliphatic heterocycles. The zero-order chi connectivity index (χ0) is 18.4. The molecule has 1 fully saturated rings. The quantitative estimate of drug-likeness (QED) is 0.779. The van der Waals surface area contributed by atoms with Gasteiger partial charge >= 0.3 is 0 Å². The Morgan fingerprint density at radius 3 is 2.27 bits per heavy atom. The molecule has 0 bridgehead atoms. The highest BCUT2D eigenvalue weighted by molar-refractivity contribution is 5.20. The van der Waals surface area contributed by atoms with E-state index in [1.54, 1.807) is 0 Å². The van der Waals surface area contributed by atoms with Crippen LogP contribution < -0.4 is 5.32 Å². The lowest BCUT2D eigenvalue weighted by molar-refractivity contribution is 0.0271. The Bertz CT molecular complexity index is 646. The summed E-state index contributed by atoms with van der Waals surface area (Å²) >= 11 is 0. The largest absolute Gasteiger partial charge is 0.391 e. The van der Waals surface area contributed by atoms with Crippen LogP contribution in [0.2, 0.25) is 0 Å². The fourth-order valence-electron chi connectivity index (χ4n) is 4.00. The van der Waals surface area contributed by atoms with Gasteiger partial charge in [-0.2, -0.15) is 0 Å². The van der Waals surface area contributed by atoms with Gasteiger partial charge in [0.05, 0.1) is 6.10 Å². The van der Waals surface area contributed by atoms with E-state index in [0.29, 0.717) is 12.1 Å². The lowest BCUT2D eigenvalue weighted by Gasteiger charge is -2.41. The molecule has 3 nitrogen and oxygen atoms in total. The minimum Gasteiger partial charge on any atom is -0.391 e. The monoisotopic (exact) mass is 352 g/mol. The van der Waals surface area contributed by atoms with E-state index in [-0.39, 0.29) is 12.1 Å². The summed E-state index contributed by atoms with van der Waals surface area (Å²) in [6.45, 7) is 6.31. The van der Waals surface area contributed by atoms with Crippen molar-refractivity contribution in [1.29, 1.82) is 0 Å². The van der Waals surface area contributed by atoms with Crippen molar-refractivity contribution in [2.45, 2.75) is 57.3 Å². The molecule has 1 saturated heterocycles. The van der Waals surface area contributed by atoms with Gasteiger partial charge in [-0.15, -0.1) is 0 Å². The van der Waals surface area contributed by atoms with Gasteiger partial charge in [0.25, 0.3) is 0 Å². The third-order valence-corrected chi connectivity index (χ3v) is 5.63. The predicted molar refractivity (Wildman–Crippen MR) is 108 cm³/mol. The number of rotatable bonds is 7. The molecule has 1 heterocycles. The first kappa shape index (κ1) is 19.1. The highest BCUT2D eigenvalue weighted by Gasteiger charge is 2.31. The smallest absolute Gasteiger partial charge is 0.0718 e. The summed E-state index contributed by atoms with van der Waals surface area (Å²) in [5, 5.41) is 14.4. The van der Waals surface area contributed by atoms with E-state index < -0.39 is 0 Å². The first-order chi connectivity index (χ1) is 12.7. The highest BCUT2D eigenvalue weighted by atomic mass is 16.3. The van der Waals surface area contributed by atoms with Crippen LogP contribution in [0.5, 0.6) is 0 Å². The van der Waals surface area contributed by atoms with Crippen molar-refractivity contribution in [2.24, 2.45) is 0 Å². The van der Waals surface area contributed by atoms with Gasteiger partial charge in [0, 0.05) is 31.2 Å². The van der Waals surface area contributed by atoms with E-state index in [1.165, 1.54) is 11.1 Å². The summed E-state index contributed by atoms with van der Waals surface area (Å²) in [5.41, 5.74) is 2.66. The van der Waals surface area contributed by atoms with Crippen LogP contribution in [0.4, 0.5) is 0 Å². The van der Waals surface area contributed by atoms with Crippen LogP contribution in [0.15, 0.2) is 60.7 Å². The zero-order valence-corrected chi connectivity index (χ0v) is 16.0. The summed E-state index contributed by atoms with van der Waals surface area (Å²) in [6.07, 6.45) is 2.75. The summed E-state index contributed by atoms with van der Waals surface area (Å²) in [6, 6.07) is 22.1. The minimum absolute atomic E-state index is 0.103. The molecule has 0 saturated carbocycles. The number of likely N-dealkylation sites (tertiary alicyclic amines) is 1. The Labute approximate surface area is 158 Å². The minimum atomic E-state index is -0.280. The number of benzene rings is 2. The molecule has 0 radical (unpaired) electrons. The van der Waals surface area contributed by atoms with Crippen LogP contribution >= 0.6 is 0 Å². The fourth-order valence-corrected chi connectivity index (χ4v) is 4.00. The number of hydrogen-bond donors (Lipinski definition) is 2. The van der Waals surface area contributed by atoms with E-state index in [2.05, 4.69) is 84.7 Å². The topological polar surface area (TPSA) is 35.5 Å². The van der Waals surface area contributed by atoms with Crippen LogP contribution in [0.3, 0.4) is 0 Å². The van der Waals surface area contributed by atoms with Crippen LogP contribution in [0.25, 0.3) is 0 Å². The van der Waals surface area contributed by atoms with E-state index in [9.17, 15) is 5.11 Å². The maximum Gasteiger partial charge on any atom is 0.0718 e. The van der Waals surface area contributed by atoms with Crippen molar-refractivity contribution < 1.29 is 5.11 Å². The van der Waals surface area contributed by atoms with Crippen molar-refractivity contribution in [2.75, 3.05) is 13.1 Å². The fraction of sp³-hybridized carbons (Fsp3) is 0.478. The Morgan fingerprint density at radius 1 is 1.04 bits per heavy atom. The van der Waals surface area contributed by atoms with Crippen molar-refractivity contribution >= 4 is 0 Å². The van der Waals surface area contributed by atoms with Crippen molar-refractivity contribution in [3.63, 3.8) is 0 Å². The van der Waals surface area contributed by atoms with Gasteiger partial charge in [0.15, 0.2) is 0 Å². The van der Waals surface area contributed by atoms with Gasteiger partial charge in [-0.1, -0.05) is 74.0 Å². The van der Waals surface area contributed by atoms with E-state index in [0.717, 1.165) is 32.4 Å². The van der Waals surface area contributed by atoms with Crippen LogP contribution in [0, 0.1) is 0 Å². The summed E-state index contributed by atoms with van der Waals surface area (Å²) in [7, 11) is 0. The maximum absolute atomic E-state index is 10.6. The molecule has 1 aliphatic rings. The molecule has 26 heavy (non-hydrogen) atoms. The predicted octanol–water partition coefficient (Wildman–Crippen LogP) is 4.31. The molecule has 2 aromatic rings. The van der Waals surface area contributed by atoms with Gasteiger partial charge in [-0.25, -0.2) is 0 Å². The van der Waals surface area contributed by atoms with Gasteiger partial charge in [-0.05, 0) is 30.9 Å². The second-order valence-corrected chi connectivity index (χ2v) is 7.46. The molecular formula is C23H32N2O. The van der Waals surface area contributed by atoms with Crippen LogP contribution in [-0.4, -0.2) is 35.2 Å². The third-order valence-electron chi connectivity index (χ3n) is 5.63. The average Bonchev–Trinajstić information content (AvgIpc) is 2.70. The molecule has 2 unspecified atom stereocenters. The number of nitrogens with one attached hydrogen (secondary N) is 1. The van der Waals surface area contributed by atoms with Crippen LogP contribution in [-0.2, 0) is 0 Å². The Hall–Kier alpha value is -1.68. The Kier molecular flexibility index (Phi) is 6.84. The van der Waals surface area contributed by atoms with Crippen LogP contribution in [0.1, 0.15) is 56.3 Å². The molecule has 0 amide bonds. The molecule has 4 atom stereocenters. The first-order valence-corrected chi connectivity index (χ1v) is 9.97. The molecule has 0 aliphatic carbocycles. The molecule has 0 spiro atoms. The summed E-state index contributed by atoms with van der Waals surface area (Å²) < 4.78 is 0. The molecule has 140 valence electrons. The van der Waals surface area contributed by atoms with E-state index in [4.69, 9.17) is 0 Å². The second kappa shape index (κ2) is 9.31. The van der Waals surface area contributed by atoms with Crippen molar-refractivity contribution in [3.8, 4) is 0 Å². The molecule has 2 aromatic carbocycles. The van der Waals surface area contributed by atoms with E-state index in [1.807, 2.05) is 0 Å². The summed E-state index contributed by atoms with van der Waals surface area (Å²) in [4.78, 5) is 2.49.